The molecule has 7 nitrogen and oxygen atoms in total. The Bertz CT molecular complexity index is 639. The summed E-state index contributed by atoms with van der Waals surface area (Å²) < 4.78 is 1.93. The number of aliphatic hydroxyl groups is 2. The zero-order valence-electron chi connectivity index (χ0n) is 10.9. The second kappa shape index (κ2) is 5.18. The monoisotopic (exact) mass is 275 g/mol. The Morgan fingerprint density at radius 1 is 1.20 bits per heavy atom. The summed E-state index contributed by atoms with van der Waals surface area (Å²) in [6, 6.07) is 0.0502. The van der Waals surface area contributed by atoms with Crippen LogP contribution in [0.5, 0.6) is 0 Å². The third-order valence-corrected chi connectivity index (χ3v) is 3.92. The van der Waals surface area contributed by atoms with E-state index in [1.165, 1.54) is 6.33 Å². The van der Waals surface area contributed by atoms with Crippen LogP contribution in [0.15, 0.2) is 24.8 Å². The number of aromatic nitrogens is 4. The molecule has 1 aliphatic rings. The van der Waals surface area contributed by atoms with E-state index in [9.17, 15) is 10.2 Å². The SMILES string of the molecule is Nc1ncnc2c1ncn2[C@@H]1C=C[C@H](CO)[C@H](CO)C1. The van der Waals surface area contributed by atoms with E-state index >= 15 is 0 Å². The van der Waals surface area contributed by atoms with E-state index in [2.05, 4.69) is 15.0 Å². The van der Waals surface area contributed by atoms with Gasteiger partial charge in [0.1, 0.15) is 11.8 Å². The highest BCUT2D eigenvalue weighted by Crippen LogP contribution is 2.32. The maximum Gasteiger partial charge on any atom is 0.165 e. The van der Waals surface area contributed by atoms with Crippen molar-refractivity contribution in [2.45, 2.75) is 12.5 Å². The van der Waals surface area contributed by atoms with E-state index in [1.807, 2.05) is 16.7 Å². The van der Waals surface area contributed by atoms with Gasteiger partial charge >= 0.3 is 0 Å². The first-order valence-corrected chi connectivity index (χ1v) is 6.57. The molecule has 3 rings (SSSR count). The molecule has 2 aromatic heterocycles. The van der Waals surface area contributed by atoms with Gasteiger partial charge in [0.2, 0.25) is 0 Å². The number of aliphatic hydroxyl groups excluding tert-OH is 2. The number of imidazole rings is 1. The van der Waals surface area contributed by atoms with Crippen molar-refractivity contribution in [3.63, 3.8) is 0 Å². The highest BCUT2D eigenvalue weighted by Gasteiger charge is 2.27. The van der Waals surface area contributed by atoms with Crippen LogP contribution in [0.4, 0.5) is 5.82 Å². The van der Waals surface area contributed by atoms with E-state index < -0.39 is 0 Å². The number of hydrogen-bond donors (Lipinski definition) is 3. The summed E-state index contributed by atoms with van der Waals surface area (Å²) in [6.45, 7) is 0.101. The largest absolute Gasteiger partial charge is 0.396 e. The minimum absolute atomic E-state index is 0.00531. The van der Waals surface area contributed by atoms with Crippen LogP contribution in [0.1, 0.15) is 12.5 Å². The number of rotatable bonds is 3. The predicted octanol–water partition coefficient (Wildman–Crippen LogP) is 0.126. The molecule has 20 heavy (non-hydrogen) atoms. The van der Waals surface area contributed by atoms with E-state index in [0.29, 0.717) is 17.0 Å². The van der Waals surface area contributed by atoms with Crippen molar-refractivity contribution in [1.29, 1.82) is 0 Å². The average Bonchev–Trinajstić information content (AvgIpc) is 2.92. The van der Waals surface area contributed by atoms with Crippen molar-refractivity contribution in [2.24, 2.45) is 11.8 Å². The molecule has 0 aromatic carbocycles. The molecule has 0 aliphatic heterocycles. The van der Waals surface area contributed by atoms with Gasteiger partial charge in [0.15, 0.2) is 11.5 Å². The molecule has 106 valence electrons. The highest BCUT2D eigenvalue weighted by atomic mass is 16.3. The van der Waals surface area contributed by atoms with Gasteiger partial charge in [-0.15, -0.1) is 0 Å². The van der Waals surface area contributed by atoms with Gasteiger partial charge in [-0.05, 0) is 12.3 Å². The van der Waals surface area contributed by atoms with Crippen molar-refractivity contribution < 1.29 is 10.2 Å². The highest BCUT2D eigenvalue weighted by molar-refractivity contribution is 5.81. The Balaban J connectivity index is 1.98. The molecule has 7 heteroatoms. The molecule has 0 fully saturated rings. The Morgan fingerprint density at radius 2 is 2.05 bits per heavy atom. The summed E-state index contributed by atoms with van der Waals surface area (Å²) in [5.74, 6) is 0.401. The molecule has 0 bridgehead atoms. The maximum atomic E-state index is 9.45. The van der Waals surface area contributed by atoms with Gasteiger partial charge in [-0.25, -0.2) is 15.0 Å². The number of allylic oxidation sites excluding steroid dienone is 1. The molecule has 0 spiro atoms. The molecular weight excluding hydrogens is 258 g/mol. The topological polar surface area (TPSA) is 110 Å². The lowest BCUT2D eigenvalue weighted by molar-refractivity contribution is 0.124. The van der Waals surface area contributed by atoms with Crippen molar-refractivity contribution >= 4 is 17.0 Å². The molecule has 2 heterocycles. The summed E-state index contributed by atoms with van der Waals surface area (Å²) in [5, 5.41) is 18.7. The molecule has 1 aliphatic carbocycles. The quantitative estimate of drug-likeness (QED) is 0.687. The van der Waals surface area contributed by atoms with Crippen LogP contribution in [0.2, 0.25) is 0 Å². The van der Waals surface area contributed by atoms with Crippen LogP contribution in [0, 0.1) is 11.8 Å². The van der Waals surface area contributed by atoms with Crippen LogP contribution in [-0.4, -0.2) is 42.9 Å². The normalized spacial score (nSPS) is 26.2. The van der Waals surface area contributed by atoms with Crippen LogP contribution < -0.4 is 5.73 Å². The second-order valence-electron chi connectivity index (χ2n) is 5.06. The number of nitrogens with zero attached hydrogens (tertiary/aromatic N) is 4. The first-order chi connectivity index (χ1) is 9.74. The van der Waals surface area contributed by atoms with E-state index in [0.717, 1.165) is 6.42 Å². The lowest BCUT2D eigenvalue weighted by Gasteiger charge is -2.30. The van der Waals surface area contributed by atoms with Crippen LogP contribution in [0.3, 0.4) is 0 Å². The zero-order chi connectivity index (χ0) is 14.1. The molecule has 0 saturated heterocycles. The molecule has 0 radical (unpaired) electrons. The lowest BCUT2D eigenvalue weighted by Crippen LogP contribution is -2.27. The fourth-order valence-electron chi connectivity index (χ4n) is 2.73. The van der Waals surface area contributed by atoms with Crippen LogP contribution in [-0.2, 0) is 0 Å². The number of nitrogens with two attached hydrogens (primary N) is 1. The maximum absolute atomic E-state index is 9.45. The first kappa shape index (κ1) is 13.0. The number of nitrogen functional groups attached to an aromatic ring is 1. The fraction of sp³-hybridized carbons (Fsp3) is 0.462. The lowest BCUT2D eigenvalue weighted by atomic mass is 9.82. The van der Waals surface area contributed by atoms with Gasteiger partial charge in [-0.3, -0.25) is 0 Å². The van der Waals surface area contributed by atoms with Crippen molar-refractivity contribution in [1.82, 2.24) is 19.5 Å². The predicted molar refractivity (Wildman–Crippen MR) is 73.7 cm³/mol. The van der Waals surface area contributed by atoms with Gasteiger partial charge in [0.25, 0.3) is 0 Å². The first-order valence-electron chi connectivity index (χ1n) is 6.57. The molecule has 0 saturated carbocycles. The smallest absolute Gasteiger partial charge is 0.165 e. The molecular formula is C13H17N5O2. The second-order valence-corrected chi connectivity index (χ2v) is 5.06. The number of anilines is 1. The minimum atomic E-state index is 0.00531. The molecule has 0 amide bonds. The Labute approximate surface area is 115 Å². The van der Waals surface area contributed by atoms with E-state index in [1.54, 1.807) is 6.33 Å². The minimum Gasteiger partial charge on any atom is -0.396 e. The Morgan fingerprint density at radius 3 is 2.80 bits per heavy atom. The van der Waals surface area contributed by atoms with Gasteiger partial charge < -0.3 is 20.5 Å². The van der Waals surface area contributed by atoms with E-state index in [-0.39, 0.29) is 31.1 Å². The summed E-state index contributed by atoms with van der Waals surface area (Å²) in [6.07, 6.45) is 7.81. The van der Waals surface area contributed by atoms with Crippen molar-refractivity contribution in [3.8, 4) is 0 Å². The number of hydrogen-bond acceptors (Lipinski definition) is 6. The summed E-state index contributed by atoms with van der Waals surface area (Å²) in [7, 11) is 0. The van der Waals surface area contributed by atoms with Gasteiger partial charge in [0.05, 0.1) is 12.4 Å². The summed E-state index contributed by atoms with van der Waals surface area (Å²) >= 11 is 0. The van der Waals surface area contributed by atoms with Crippen molar-refractivity contribution in [3.05, 3.63) is 24.8 Å². The van der Waals surface area contributed by atoms with E-state index in [4.69, 9.17) is 5.73 Å². The standard InChI is InChI=1S/C13H17N5O2/c14-12-11-13(16-6-15-12)18(7-17-11)10-2-1-8(4-19)9(3-10)5-20/h1-2,6-10,19-20H,3-5H2,(H2,14,15,16)/t8-,9+,10-/m1/s1. The third-order valence-electron chi connectivity index (χ3n) is 3.92. The molecule has 2 aromatic rings. The molecule has 0 unspecified atom stereocenters. The Kier molecular flexibility index (Phi) is 3.37. The van der Waals surface area contributed by atoms with Crippen LogP contribution >= 0.6 is 0 Å². The summed E-state index contributed by atoms with van der Waals surface area (Å²) in [5.41, 5.74) is 7.05. The van der Waals surface area contributed by atoms with Gasteiger partial charge in [0, 0.05) is 19.1 Å². The molecule has 4 N–H and O–H groups in total. The molecule has 3 atom stereocenters. The third kappa shape index (κ3) is 2.04. The van der Waals surface area contributed by atoms with Crippen molar-refractivity contribution in [2.75, 3.05) is 18.9 Å². The average molecular weight is 275 g/mol. The number of fused-ring (bicyclic) bond motifs is 1. The van der Waals surface area contributed by atoms with Gasteiger partial charge in [-0.2, -0.15) is 0 Å². The zero-order valence-corrected chi connectivity index (χ0v) is 10.9. The van der Waals surface area contributed by atoms with Crippen LogP contribution in [0.25, 0.3) is 11.2 Å². The fourth-order valence-corrected chi connectivity index (χ4v) is 2.73. The Hall–Kier alpha value is -1.99. The summed E-state index contributed by atoms with van der Waals surface area (Å²) in [4.78, 5) is 12.4. The van der Waals surface area contributed by atoms with Gasteiger partial charge in [-0.1, -0.05) is 12.2 Å².